The van der Waals surface area contributed by atoms with E-state index in [9.17, 15) is 18.0 Å². The van der Waals surface area contributed by atoms with E-state index >= 15 is 0 Å². The maximum Gasteiger partial charge on any atom is 0.451 e. The molecule has 0 aliphatic carbocycles. The first-order valence-corrected chi connectivity index (χ1v) is 12.2. The molecule has 1 aliphatic rings. The van der Waals surface area contributed by atoms with Crippen LogP contribution in [0.4, 0.5) is 24.9 Å². The highest BCUT2D eigenvalue weighted by Gasteiger charge is 2.39. The van der Waals surface area contributed by atoms with Crippen LogP contribution in [0.1, 0.15) is 49.6 Å². The summed E-state index contributed by atoms with van der Waals surface area (Å²) in [6.45, 7) is 5.56. The number of thiophene rings is 1. The number of hydrogen-bond donors (Lipinski definition) is 2. The molecule has 13 heteroatoms. The Morgan fingerprint density at radius 2 is 1.97 bits per heavy atom. The van der Waals surface area contributed by atoms with Crippen LogP contribution in [0.5, 0.6) is 0 Å². The van der Waals surface area contributed by atoms with Gasteiger partial charge in [-0.15, -0.1) is 21.5 Å². The van der Waals surface area contributed by atoms with E-state index in [0.29, 0.717) is 37.8 Å². The fraction of sp³-hybridized carbons (Fsp3) is 0.571. The molecule has 3 aromatic rings. The molecule has 0 unspecified atom stereocenters. The molecule has 0 saturated heterocycles. The van der Waals surface area contributed by atoms with Gasteiger partial charge in [-0.2, -0.15) is 18.2 Å². The standard InChI is InChI=1S/C21H27F3N8OS/c1-3-5-13-11-14-17(31-9-10-32-15(12-31)29-30-19(32)21(22,23)24)27-20(28-18(14)34-13)26-8-7-25-16(33)6-4-2/h11H,3-10,12H2,1-2H3,(H,25,33)(H,26,27,28). The zero-order chi connectivity index (χ0) is 24.3. The topological polar surface area (TPSA) is 101 Å². The second kappa shape index (κ2) is 10.1. The van der Waals surface area contributed by atoms with Crippen LogP contribution in [0.3, 0.4) is 0 Å². The summed E-state index contributed by atoms with van der Waals surface area (Å²) in [5, 5.41) is 14.0. The lowest BCUT2D eigenvalue weighted by molar-refractivity contribution is -0.147. The van der Waals surface area contributed by atoms with E-state index in [4.69, 9.17) is 4.98 Å². The average Bonchev–Trinajstić information content (AvgIpc) is 3.39. The molecule has 34 heavy (non-hydrogen) atoms. The van der Waals surface area contributed by atoms with Gasteiger partial charge in [0.15, 0.2) is 5.82 Å². The summed E-state index contributed by atoms with van der Waals surface area (Å²) in [5.74, 6) is 0.356. The Labute approximate surface area is 198 Å². The first kappa shape index (κ1) is 24.2. The normalized spacial score (nSPS) is 13.9. The Balaban J connectivity index is 1.58. The van der Waals surface area contributed by atoms with Crippen LogP contribution in [0.2, 0.25) is 0 Å². The van der Waals surface area contributed by atoms with Gasteiger partial charge in [0.25, 0.3) is 0 Å². The number of halogens is 3. The van der Waals surface area contributed by atoms with Gasteiger partial charge in [0.05, 0.1) is 11.9 Å². The molecule has 0 bridgehead atoms. The summed E-state index contributed by atoms with van der Waals surface area (Å²) in [4.78, 5) is 24.9. The molecule has 1 aliphatic heterocycles. The van der Waals surface area contributed by atoms with Gasteiger partial charge >= 0.3 is 6.18 Å². The minimum absolute atomic E-state index is 0.000483. The number of carbonyl (C=O) groups excluding carboxylic acids is 1. The van der Waals surface area contributed by atoms with Gasteiger partial charge in [0.1, 0.15) is 10.6 Å². The number of carbonyl (C=O) groups is 1. The lowest BCUT2D eigenvalue weighted by Gasteiger charge is -2.29. The molecular weight excluding hydrogens is 469 g/mol. The van der Waals surface area contributed by atoms with Crippen molar-refractivity contribution in [3.8, 4) is 0 Å². The van der Waals surface area contributed by atoms with Crippen LogP contribution in [-0.2, 0) is 30.5 Å². The van der Waals surface area contributed by atoms with Crippen molar-refractivity contribution in [2.24, 2.45) is 0 Å². The third-order valence-corrected chi connectivity index (χ3v) is 6.52. The van der Waals surface area contributed by atoms with E-state index < -0.39 is 12.0 Å². The van der Waals surface area contributed by atoms with Crippen molar-refractivity contribution in [1.29, 1.82) is 0 Å². The molecule has 184 valence electrons. The summed E-state index contributed by atoms with van der Waals surface area (Å²) in [6, 6.07) is 2.06. The van der Waals surface area contributed by atoms with E-state index in [1.54, 1.807) is 11.3 Å². The number of aromatic nitrogens is 5. The Bertz CT molecular complexity index is 1160. The number of alkyl halides is 3. The third kappa shape index (κ3) is 5.24. The van der Waals surface area contributed by atoms with Gasteiger partial charge in [-0.05, 0) is 18.9 Å². The summed E-state index contributed by atoms with van der Waals surface area (Å²) < 4.78 is 40.8. The summed E-state index contributed by atoms with van der Waals surface area (Å²) in [5.41, 5.74) is 0. The highest BCUT2D eigenvalue weighted by atomic mass is 32.1. The number of amides is 1. The first-order chi connectivity index (χ1) is 16.3. The van der Waals surface area contributed by atoms with Crippen LogP contribution in [0.25, 0.3) is 10.2 Å². The number of anilines is 2. The van der Waals surface area contributed by atoms with Crippen LogP contribution in [-0.4, -0.2) is 50.3 Å². The Morgan fingerprint density at radius 3 is 2.71 bits per heavy atom. The molecule has 3 aromatic heterocycles. The predicted octanol–water partition coefficient (Wildman–Crippen LogP) is 3.60. The molecule has 4 heterocycles. The fourth-order valence-electron chi connectivity index (χ4n) is 3.89. The maximum absolute atomic E-state index is 13.2. The number of aryl methyl sites for hydroxylation is 1. The fourth-order valence-corrected chi connectivity index (χ4v) is 5.01. The lowest BCUT2D eigenvalue weighted by atomic mass is 10.2. The predicted molar refractivity (Wildman–Crippen MR) is 124 cm³/mol. The third-order valence-electron chi connectivity index (χ3n) is 5.43. The second-order valence-electron chi connectivity index (χ2n) is 8.09. The van der Waals surface area contributed by atoms with Crippen LogP contribution < -0.4 is 15.5 Å². The zero-order valence-corrected chi connectivity index (χ0v) is 19.9. The number of nitrogens with one attached hydrogen (secondary N) is 2. The van der Waals surface area contributed by atoms with E-state index in [1.807, 2.05) is 11.8 Å². The highest BCUT2D eigenvalue weighted by molar-refractivity contribution is 7.18. The van der Waals surface area contributed by atoms with Crippen LogP contribution in [0.15, 0.2) is 6.07 Å². The van der Waals surface area contributed by atoms with E-state index in [1.165, 1.54) is 4.88 Å². The van der Waals surface area contributed by atoms with Crippen LogP contribution in [0, 0.1) is 0 Å². The van der Waals surface area contributed by atoms with Crippen molar-refractivity contribution in [1.82, 2.24) is 30.0 Å². The van der Waals surface area contributed by atoms with Crippen LogP contribution >= 0.6 is 11.3 Å². The number of fused-ring (bicyclic) bond motifs is 2. The van der Waals surface area contributed by atoms with Crippen molar-refractivity contribution in [2.45, 2.75) is 58.8 Å². The largest absolute Gasteiger partial charge is 0.451 e. The molecule has 0 saturated carbocycles. The molecule has 0 spiro atoms. The number of rotatable bonds is 9. The first-order valence-electron chi connectivity index (χ1n) is 11.3. The van der Waals surface area contributed by atoms with E-state index in [-0.39, 0.29) is 24.8 Å². The smallest absolute Gasteiger partial charge is 0.354 e. The van der Waals surface area contributed by atoms with Crippen molar-refractivity contribution in [3.63, 3.8) is 0 Å². The van der Waals surface area contributed by atoms with Gasteiger partial charge in [0.2, 0.25) is 17.7 Å². The molecule has 9 nitrogen and oxygen atoms in total. The maximum atomic E-state index is 13.2. The Morgan fingerprint density at radius 1 is 1.15 bits per heavy atom. The molecule has 4 rings (SSSR count). The summed E-state index contributed by atoms with van der Waals surface area (Å²) in [6.07, 6.45) is -1.37. The van der Waals surface area contributed by atoms with Gasteiger partial charge in [-0.25, -0.2) is 4.98 Å². The SMILES string of the molecule is CCCC(=O)NCCNc1nc(N2CCn3c(nnc3C(F)(F)F)C2)c2cc(CCC)sc2n1. The van der Waals surface area contributed by atoms with Crippen molar-refractivity contribution in [2.75, 3.05) is 29.9 Å². The van der Waals surface area contributed by atoms with Crippen molar-refractivity contribution >= 4 is 39.2 Å². The lowest BCUT2D eigenvalue weighted by Crippen LogP contribution is -2.36. The van der Waals surface area contributed by atoms with Gasteiger partial charge in [-0.3, -0.25) is 4.79 Å². The molecular formula is C21H27F3N8OS. The summed E-state index contributed by atoms with van der Waals surface area (Å²) in [7, 11) is 0. The molecule has 0 radical (unpaired) electrons. The van der Waals surface area contributed by atoms with Gasteiger partial charge in [-0.1, -0.05) is 20.3 Å². The number of hydrogen-bond acceptors (Lipinski definition) is 8. The van der Waals surface area contributed by atoms with E-state index in [2.05, 4.69) is 38.8 Å². The summed E-state index contributed by atoms with van der Waals surface area (Å²) >= 11 is 1.59. The zero-order valence-electron chi connectivity index (χ0n) is 19.1. The molecule has 0 fully saturated rings. The average molecular weight is 497 g/mol. The molecule has 0 atom stereocenters. The van der Waals surface area contributed by atoms with Crippen molar-refractivity contribution < 1.29 is 18.0 Å². The number of nitrogens with zero attached hydrogens (tertiary/aromatic N) is 6. The minimum Gasteiger partial charge on any atom is -0.354 e. The Kier molecular flexibility index (Phi) is 7.19. The van der Waals surface area contributed by atoms with E-state index in [0.717, 1.165) is 34.0 Å². The molecule has 0 aromatic carbocycles. The minimum atomic E-state index is -4.54. The Hall–Kier alpha value is -2.96. The highest BCUT2D eigenvalue weighted by Crippen LogP contribution is 2.35. The molecule has 2 N–H and O–H groups in total. The van der Waals surface area contributed by atoms with Crippen molar-refractivity contribution in [3.05, 3.63) is 22.6 Å². The van der Waals surface area contributed by atoms with Gasteiger partial charge in [0, 0.05) is 37.5 Å². The monoisotopic (exact) mass is 496 g/mol. The molecule has 1 amide bonds. The second-order valence-corrected chi connectivity index (χ2v) is 9.21. The van der Waals surface area contributed by atoms with Gasteiger partial charge < -0.3 is 20.1 Å². The quantitative estimate of drug-likeness (QED) is 0.437.